The number of hydrogen-bond acceptors (Lipinski definition) is 5. The van der Waals surface area contributed by atoms with Gasteiger partial charge < -0.3 is 14.6 Å². The molecule has 1 amide bonds. The number of anilines is 1. The molecular formula is C25H23N3O3S. The smallest absolute Gasteiger partial charge is 0.279 e. The van der Waals surface area contributed by atoms with Crippen molar-refractivity contribution in [2.45, 2.75) is 30.2 Å². The van der Waals surface area contributed by atoms with Crippen molar-refractivity contribution in [3.8, 4) is 18.1 Å². The molecule has 0 bridgehead atoms. The lowest BCUT2D eigenvalue weighted by Gasteiger charge is -2.27. The van der Waals surface area contributed by atoms with Gasteiger partial charge in [0.05, 0.1) is 5.56 Å². The standard InChI is InChI=1S/C25H23N3O3S/c1-4-13-31-19-11-9-18(10-12-19)20-14-21(29)26-23-22(20)24(30)27-25(28(23)3)32-15-17-7-5-16(2)6-8-17/h1,5-12,20H,13-15H2,2-3H3,(H,26,29). The highest BCUT2D eigenvalue weighted by atomic mass is 32.2. The van der Waals surface area contributed by atoms with Crippen LogP contribution in [0, 0.1) is 19.3 Å². The molecule has 1 aliphatic rings. The maximum Gasteiger partial charge on any atom is 0.279 e. The number of aromatic nitrogens is 2. The molecule has 3 aromatic rings. The van der Waals surface area contributed by atoms with E-state index in [-0.39, 0.29) is 30.4 Å². The largest absolute Gasteiger partial charge is 0.481 e. The molecule has 0 aliphatic carbocycles. The molecular weight excluding hydrogens is 422 g/mol. The van der Waals surface area contributed by atoms with Crippen molar-refractivity contribution in [1.82, 2.24) is 9.55 Å². The average molecular weight is 446 g/mol. The van der Waals surface area contributed by atoms with E-state index in [0.717, 1.165) is 11.1 Å². The Morgan fingerprint density at radius 2 is 1.91 bits per heavy atom. The van der Waals surface area contributed by atoms with E-state index in [4.69, 9.17) is 11.2 Å². The molecule has 162 valence electrons. The molecule has 1 aliphatic heterocycles. The molecule has 32 heavy (non-hydrogen) atoms. The molecule has 0 spiro atoms. The number of benzene rings is 2. The van der Waals surface area contributed by atoms with Crippen LogP contribution in [0.2, 0.25) is 0 Å². The number of terminal acetylenes is 1. The highest BCUT2D eigenvalue weighted by molar-refractivity contribution is 7.98. The first-order valence-corrected chi connectivity index (χ1v) is 11.2. The van der Waals surface area contributed by atoms with E-state index in [0.29, 0.717) is 28.0 Å². The van der Waals surface area contributed by atoms with Crippen LogP contribution in [0.4, 0.5) is 5.82 Å². The van der Waals surface area contributed by atoms with Gasteiger partial charge in [0.2, 0.25) is 5.91 Å². The van der Waals surface area contributed by atoms with Crippen LogP contribution in [0.5, 0.6) is 5.75 Å². The number of rotatable bonds is 6. The first-order chi connectivity index (χ1) is 15.5. The molecule has 2 heterocycles. The summed E-state index contributed by atoms with van der Waals surface area (Å²) in [6, 6.07) is 15.6. The predicted octanol–water partition coefficient (Wildman–Crippen LogP) is 3.87. The van der Waals surface area contributed by atoms with Crippen LogP contribution in [-0.4, -0.2) is 22.1 Å². The lowest BCUT2D eigenvalue weighted by molar-refractivity contribution is -0.116. The van der Waals surface area contributed by atoms with Gasteiger partial charge in [-0.15, -0.1) is 6.42 Å². The number of thioether (sulfide) groups is 1. The summed E-state index contributed by atoms with van der Waals surface area (Å²) < 4.78 is 7.22. The summed E-state index contributed by atoms with van der Waals surface area (Å²) in [5.41, 5.74) is 3.38. The molecule has 1 unspecified atom stereocenters. The van der Waals surface area contributed by atoms with Crippen molar-refractivity contribution in [2.24, 2.45) is 7.05 Å². The molecule has 0 radical (unpaired) electrons. The molecule has 1 aromatic heterocycles. The molecule has 4 rings (SSSR count). The van der Waals surface area contributed by atoms with Crippen molar-refractivity contribution in [3.05, 3.63) is 81.1 Å². The summed E-state index contributed by atoms with van der Waals surface area (Å²) in [5.74, 6) is 3.74. The van der Waals surface area contributed by atoms with E-state index in [1.54, 1.807) is 16.7 Å². The Morgan fingerprint density at radius 3 is 2.59 bits per heavy atom. The van der Waals surface area contributed by atoms with Gasteiger partial charge in [0.15, 0.2) is 5.16 Å². The molecule has 1 atom stereocenters. The second kappa shape index (κ2) is 9.33. The fourth-order valence-electron chi connectivity index (χ4n) is 3.70. The van der Waals surface area contributed by atoms with Crippen molar-refractivity contribution in [3.63, 3.8) is 0 Å². The monoisotopic (exact) mass is 445 g/mol. The minimum atomic E-state index is -0.372. The highest BCUT2D eigenvalue weighted by Gasteiger charge is 2.32. The van der Waals surface area contributed by atoms with Crippen LogP contribution in [0.3, 0.4) is 0 Å². The van der Waals surface area contributed by atoms with E-state index in [2.05, 4.69) is 40.5 Å². The molecule has 0 fully saturated rings. The number of ether oxygens (including phenoxy) is 1. The lowest BCUT2D eigenvalue weighted by Crippen LogP contribution is -2.33. The molecule has 7 heteroatoms. The van der Waals surface area contributed by atoms with Crippen LogP contribution in [0.15, 0.2) is 58.5 Å². The number of hydrogen-bond donors (Lipinski definition) is 1. The summed E-state index contributed by atoms with van der Waals surface area (Å²) >= 11 is 1.47. The minimum absolute atomic E-state index is 0.133. The Labute approximate surface area is 191 Å². The summed E-state index contributed by atoms with van der Waals surface area (Å²) in [6.07, 6.45) is 5.41. The number of nitrogens with zero attached hydrogens (tertiary/aromatic N) is 2. The molecule has 0 saturated carbocycles. The Bertz CT molecular complexity index is 1240. The van der Waals surface area contributed by atoms with E-state index in [9.17, 15) is 9.59 Å². The van der Waals surface area contributed by atoms with E-state index in [1.165, 1.54) is 17.3 Å². The van der Waals surface area contributed by atoms with Crippen molar-refractivity contribution in [1.29, 1.82) is 0 Å². The number of amides is 1. The number of fused-ring (bicyclic) bond motifs is 1. The zero-order valence-corrected chi connectivity index (χ0v) is 18.7. The van der Waals surface area contributed by atoms with Crippen LogP contribution >= 0.6 is 11.8 Å². The second-order valence-electron chi connectivity index (χ2n) is 7.66. The van der Waals surface area contributed by atoms with Gasteiger partial charge >= 0.3 is 0 Å². The minimum Gasteiger partial charge on any atom is -0.481 e. The van der Waals surface area contributed by atoms with E-state index < -0.39 is 0 Å². The van der Waals surface area contributed by atoms with Gasteiger partial charge in [-0.25, -0.2) is 0 Å². The highest BCUT2D eigenvalue weighted by Crippen LogP contribution is 2.36. The maximum atomic E-state index is 13.1. The topological polar surface area (TPSA) is 73.2 Å². The van der Waals surface area contributed by atoms with Gasteiger partial charge in [0.25, 0.3) is 5.56 Å². The summed E-state index contributed by atoms with van der Waals surface area (Å²) in [5, 5.41) is 3.44. The van der Waals surface area contributed by atoms with E-state index >= 15 is 0 Å². The Morgan fingerprint density at radius 1 is 1.19 bits per heavy atom. The first-order valence-electron chi connectivity index (χ1n) is 10.2. The normalized spacial score (nSPS) is 14.9. The lowest BCUT2D eigenvalue weighted by atomic mass is 9.87. The SMILES string of the molecule is C#CCOc1ccc(C2CC(=O)Nc3c2c(=O)nc(SCc2ccc(C)cc2)n3C)cc1. The summed E-state index contributed by atoms with van der Waals surface area (Å²) in [4.78, 5) is 29.9. The third-order valence-electron chi connectivity index (χ3n) is 5.39. The summed E-state index contributed by atoms with van der Waals surface area (Å²) in [6.45, 7) is 2.23. The van der Waals surface area contributed by atoms with Crippen molar-refractivity contribution < 1.29 is 9.53 Å². The fraction of sp³-hybridized carbons (Fsp3) is 0.240. The predicted molar refractivity (Wildman–Crippen MR) is 126 cm³/mol. The fourth-order valence-corrected chi connectivity index (χ4v) is 4.62. The molecule has 2 aromatic carbocycles. The van der Waals surface area contributed by atoms with Gasteiger partial charge in [-0.2, -0.15) is 4.98 Å². The number of carbonyl (C=O) groups excluding carboxylic acids is 1. The number of nitrogens with one attached hydrogen (secondary N) is 1. The van der Waals surface area contributed by atoms with Crippen molar-refractivity contribution >= 4 is 23.5 Å². The van der Waals surface area contributed by atoms with Gasteiger partial charge in [-0.3, -0.25) is 9.59 Å². The third kappa shape index (κ3) is 4.56. The third-order valence-corrected chi connectivity index (χ3v) is 6.50. The van der Waals surface area contributed by atoms with Gasteiger partial charge in [0.1, 0.15) is 18.2 Å². The molecule has 0 saturated heterocycles. The quantitative estimate of drug-likeness (QED) is 0.354. The number of aryl methyl sites for hydroxylation is 1. The maximum absolute atomic E-state index is 13.1. The molecule has 6 nitrogen and oxygen atoms in total. The van der Waals surface area contributed by atoms with Gasteiger partial charge in [-0.05, 0) is 30.2 Å². The Balaban J connectivity index is 1.64. The second-order valence-corrected chi connectivity index (χ2v) is 8.60. The first kappa shape index (κ1) is 21.7. The average Bonchev–Trinajstić information content (AvgIpc) is 2.80. The zero-order valence-electron chi connectivity index (χ0n) is 17.9. The zero-order chi connectivity index (χ0) is 22.7. The number of carbonyl (C=O) groups is 1. The Hall–Kier alpha value is -3.50. The van der Waals surface area contributed by atoms with E-state index in [1.807, 2.05) is 26.1 Å². The van der Waals surface area contributed by atoms with Gasteiger partial charge in [-0.1, -0.05) is 59.6 Å². The van der Waals surface area contributed by atoms with Crippen LogP contribution < -0.4 is 15.6 Å². The summed E-state index contributed by atoms with van der Waals surface area (Å²) in [7, 11) is 1.82. The van der Waals surface area contributed by atoms with Crippen molar-refractivity contribution in [2.75, 3.05) is 11.9 Å². The van der Waals surface area contributed by atoms with Crippen LogP contribution in [0.25, 0.3) is 0 Å². The Kier molecular flexibility index (Phi) is 6.33. The van der Waals surface area contributed by atoms with Crippen LogP contribution in [-0.2, 0) is 17.6 Å². The molecule has 1 N–H and O–H groups in total. The van der Waals surface area contributed by atoms with Gasteiger partial charge in [0, 0.05) is 25.1 Å². The van der Waals surface area contributed by atoms with Crippen LogP contribution in [0.1, 0.15) is 34.6 Å².